The van der Waals surface area contributed by atoms with Gasteiger partial charge in [0.15, 0.2) is 0 Å². The lowest BCUT2D eigenvalue weighted by Gasteiger charge is -1.87. The van der Waals surface area contributed by atoms with Gasteiger partial charge in [0, 0.05) is 14.2 Å². The predicted molar refractivity (Wildman–Crippen MR) is 34.8 cm³/mol. The van der Waals surface area contributed by atoms with E-state index in [1.54, 1.807) is 14.2 Å². The van der Waals surface area contributed by atoms with Gasteiger partial charge in [0.25, 0.3) is 0 Å². The molecule has 2 heteroatoms. The molecule has 0 aromatic carbocycles. The van der Waals surface area contributed by atoms with Crippen LogP contribution in [0.3, 0.4) is 0 Å². The van der Waals surface area contributed by atoms with Crippen LogP contribution in [-0.4, -0.2) is 21.0 Å². The van der Waals surface area contributed by atoms with Crippen LogP contribution in [-0.2, 0) is 9.47 Å². The zero-order valence-corrected chi connectivity index (χ0v) is 6.23. The maximum Gasteiger partial charge on any atom is 0.145 e. The highest BCUT2D eigenvalue weighted by atomic mass is 16.6. The smallest absolute Gasteiger partial charge is 0.145 e. The molecule has 0 saturated heterocycles. The Morgan fingerprint density at radius 1 is 1.00 bits per heavy atom. The molecule has 0 bridgehead atoms. The van der Waals surface area contributed by atoms with Gasteiger partial charge in [0.05, 0.1) is 0 Å². The molecule has 8 heavy (non-hydrogen) atoms. The van der Waals surface area contributed by atoms with Crippen molar-refractivity contribution in [3.63, 3.8) is 0 Å². The first-order chi connectivity index (χ1) is 3.83. The Balaban J connectivity index is 0. The molecule has 0 unspecified atom stereocenters. The highest BCUT2D eigenvalue weighted by Crippen LogP contribution is 1.60. The highest BCUT2D eigenvalue weighted by molar-refractivity contribution is 3.92. The summed E-state index contributed by atoms with van der Waals surface area (Å²) in [5.74, 6) is 0. The van der Waals surface area contributed by atoms with E-state index in [4.69, 9.17) is 0 Å². The van der Waals surface area contributed by atoms with Crippen LogP contribution >= 0.6 is 0 Å². The summed E-state index contributed by atoms with van der Waals surface area (Å²) >= 11 is 0. The third-order valence-electron chi connectivity index (χ3n) is 0.236. The Hall–Kier alpha value is -0.0800. The molecule has 0 amide bonds. The number of ether oxygens (including phenoxy) is 2. The molecule has 52 valence electrons. The molecule has 0 N–H and O–H groups in total. The molecule has 0 rings (SSSR count). The molecule has 0 fully saturated rings. The lowest BCUT2D eigenvalue weighted by molar-refractivity contribution is -0.00271. The van der Waals surface area contributed by atoms with E-state index < -0.39 is 0 Å². The van der Waals surface area contributed by atoms with E-state index in [0.717, 1.165) is 0 Å². The topological polar surface area (TPSA) is 18.5 Å². The average Bonchev–Trinajstić information content (AvgIpc) is 1.71. The van der Waals surface area contributed by atoms with Gasteiger partial charge in [-0.05, 0) is 0 Å². The van der Waals surface area contributed by atoms with Gasteiger partial charge in [-0.1, -0.05) is 20.3 Å². The highest BCUT2D eigenvalue weighted by Gasteiger charge is 1.63. The van der Waals surface area contributed by atoms with Crippen molar-refractivity contribution in [2.75, 3.05) is 21.0 Å². The van der Waals surface area contributed by atoms with Crippen molar-refractivity contribution in [2.45, 2.75) is 20.3 Å². The van der Waals surface area contributed by atoms with Gasteiger partial charge in [-0.15, -0.1) is 0 Å². The molecule has 0 spiro atoms. The van der Waals surface area contributed by atoms with Gasteiger partial charge < -0.3 is 9.47 Å². The van der Waals surface area contributed by atoms with Crippen LogP contribution in [0.5, 0.6) is 0 Å². The van der Waals surface area contributed by atoms with Crippen LogP contribution in [0.1, 0.15) is 20.3 Å². The van der Waals surface area contributed by atoms with Gasteiger partial charge in [0.1, 0.15) is 6.79 Å². The Bertz CT molecular complexity index is 20.5. The summed E-state index contributed by atoms with van der Waals surface area (Å²) in [5, 5.41) is 0. The zero-order valence-electron chi connectivity index (χ0n) is 6.23. The van der Waals surface area contributed by atoms with E-state index >= 15 is 0 Å². The first kappa shape index (κ1) is 10.8. The van der Waals surface area contributed by atoms with Crippen LogP contribution in [0.4, 0.5) is 0 Å². The lowest BCUT2D eigenvalue weighted by Crippen LogP contribution is -1.87. The zero-order chi connectivity index (χ0) is 6.83. The standard InChI is InChI=1S/C3H8O2.C3H8/c1-4-3-5-2;1-3-2/h3H2,1-2H3;3H2,1-2H3. The van der Waals surface area contributed by atoms with Crippen LogP contribution < -0.4 is 0 Å². The Morgan fingerprint density at radius 3 is 1.25 bits per heavy atom. The van der Waals surface area contributed by atoms with E-state index in [9.17, 15) is 0 Å². The maximum absolute atomic E-state index is 4.47. The SMILES string of the molecule is CCC.COCOC. The first-order valence-corrected chi connectivity index (χ1v) is 2.81. The van der Waals surface area contributed by atoms with E-state index in [2.05, 4.69) is 23.3 Å². The molecular weight excluding hydrogens is 104 g/mol. The van der Waals surface area contributed by atoms with Crippen LogP contribution in [0.15, 0.2) is 0 Å². The van der Waals surface area contributed by atoms with Crippen molar-refractivity contribution in [1.82, 2.24) is 0 Å². The third-order valence-corrected chi connectivity index (χ3v) is 0.236. The Morgan fingerprint density at radius 2 is 1.25 bits per heavy atom. The van der Waals surface area contributed by atoms with Crippen molar-refractivity contribution >= 4 is 0 Å². The molecule has 0 aromatic heterocycles. The summed E-state index contributed by atoms with van der Waals surface area (Å²) in [5.41, 5.74) is 0. The second kappa shape index (κ2) is 15.8. The summed E-state index contributed by atoms with van der Waals surface area (Å²) in [6.45, 7) is 4.64. The maximum atomic E-state index is 4.47. The Labute approximate surface area is 51.8 Å². The molecule has 2 nitrogen and oxygen atoms in total. The molecule has 0 aliphatic heterocycles. The normalized spacial score (nSPS) is 7.50. The van der Waals surface area contributed by atoms with Crippen molar-refractivity contribution in [3.05, 3.63) is 0 Å². The van der Waals surface area contributed by atoms with Crippen LogP contribution in [0, 0.1) is 0 Å². The summed E-state index contributed by atoms with van der Waals surface area (Å²) in [6, 6.07) is 0. The average molecular weight is 120 g/mol. The van der Waals surface area contributed by atoms with E-state index in [1.165, 1.54) is 6.42 Å². The van der Waals surface area contributed by atoms with E-state index in [-0.39, 0.29) is 0 Å². The second-order valence-corrected chi connectivity index (χ2v) is 1.40. The van der Waals surface area contributed by atoms with Crippen molar-refractivity contribution in [2.24, 2.45) is 0 Å². The number of hydrogen-bond acceptors (Lipinski definition) is 2. The fraction of sp³-hybridized carbons (Fsp3) is 1.00. The fourth-order valence-electron chi connectivity index (χ4n) is 0.118. The van der Waals surface area contributed by atoms with Crippen LogP contribution in [0.2, 0.25) is 0 Å². The van der Waals surface area contributed by atoms with E-state index in [1.807, 2.05) is 0 Å². The summed E-state index contributed by atoms with van der Waals surface area (Å²) in [4.78, 5) is 0. The van der Waals surface area contributed by atoms with Crippen molar-refractivity contribution < 1.29 is 9.47 Å². The van der Waals surface area contributed by atoms with Crippen LogP contribution in [0.25, 0.3) is 0 Å². The van der Waals surface area contributed by atoms with Crippen molar-refractivity contribution in [3.8, 4) is 0 Å². The minimum atomic E-state index is 0.389. The third kappa shape index (κ3) is 38.9. The number of hydrogen-bond donors (Lipinski definition) is 0. The molecule has 0 aliphatic carbocycles. The number of rotatable bonds is 2. The predicted octanol–water partition coefficient (Wildman–Crippen LogP) is 1.65. The number of methoxy groups -OCH3 is 2. The quantitative estimate of drug-likeness (QED) is 0.516. The molecule has 0 saturated carbocycles. The second-order valence-electron chi connectivity index (χ2n) is 1.40. The largest absolute Gasteiger partial charge is 0.359 e. The summed E-state index contributed by atoms with van der Waals surface area (Å²) in [7, 11) is 3.17. The van der Waals surface area contributed by atoms with Gasteiger partial charge in [0.2, 0.25) is 0 Å². The minimum absolute atomic E-state index is 0.389. The summed E-state index contributed by atoms with van der Waals surface area (Å²) in [6.07, 6.45) is 1.25. The molecule has 0 aliphatic rings. The molecule has 0 radical (unpaired) electrons. The molecule has 0 heterocycles. The monoisotopic (exact) mass is 120 g/mol. The minimum Gasteiger partial charge on any atom is -0.359 e. The van der Waals surface area contributed by atoms with Gasteiger partial charge in [-0.25, -0.2) is 0 Å². The fourth-order valence-corrected chi connectivity index (χ4v) is 0.118. The molecular formula is C6H16O2. The molecule has 0 atom stereocenters. The lowest BCUT2D eigenvalue weighted by atomic mass is 10.6. The first-order valence-electron chi connectivity index (χ1n) is 2.81. The Kier molecular flexibility index (Phi) is 21.3. The molecule has 0 aromatic rings. The van der Waals surface area contributed by atoms with Gasteiger partial charge in [-0.3, -0.25) is 0 Å². The van der Waals surface area contributed by atoms with Gasteiger partial charge in [-0.2, -0.15) is 0 Å². The van der Waals surface area contributed by atoms with Gasteiger partial charge >= 0.3 is 0 Å². The van der Waals surface area contributed by atoms with E-state index in [0.29, 0.717) is 6.79 Å². The summed E-state index contributed by atoms with van der Waals surface area (Å²) < 4.78 is 8.94. The van der Waals surface area contributed by atoms with Crippen molar-refractivity contribution in [1.29, 1.82) is 0 Å².